The van der Waals surface area contributed by atoms with Crippen LogP contribution in [0.5, 0.6) is 5.75 Å². The standard InChI is InChI=1S/C53H62N11O13P.C2HF3O2/c1-30-23-46(66)77-45-27-34(17-20-36(30)45)59-48(68)40(13-7-21-57-53(55)56)60-51(71)44-14-8-22-64(44)52(72)43(29-76-78(73,74)75)63-50(70)42(25-32-15-18-35(65)19-16-32)62-49(69)41(24-31-9-3-2-4-10-31)61-47(67)38(54)26-33-28-58-39-12-6-5-11-37(33)39;3-2(4,5)1(6)7/h2-6,9-12,15-20,23,27-28,38,40-44,58,65H,7-8,13-14,21-22,24-26,29,54H2,1H3,(H,59,68)(H,60,71)(H,61,67)(H,62,69)(H,63,70)(H4,55,56,57)(H2,73,74,75);(H,6,7)/t38-,40-,41-,42-,43-,44-;/m0./s1. The van der Waals surface area contributed by atoms with Crippen LogP contribution in [0, 0.1) is 6.92 Å². The minimum atomic E-state index is -5.31. The van der Waals surface area contributed by atoms with Crippen molar-refractivity contribution in [2.75, 3.05) is 25.0 Å². The van der Waals surface area contributed by atoms with Gasteiger partial charge >= 0.3 is 25.6 Å². The number of aryl methyl sites for hydroxylation is 1. The molecule has 85 heavy (non-hydrogen) atoms. The molecule has 6 aromatic rings. The van der Waals surface area contributed by atoms with Crippen LogP contribution in [0.1, 0.15) is 47.9 Å². The molecule has 1 fully saturated rings. The number of nitrogens with zero attached hydrogens (tertiary/aromatic N) is 2. The van der Waals surface area contributed by atoms with Gasteiger partial charge in [0.1, 0.15) is 41.5 Å². The first-order valence-corrected chi connectivity index (χ1v) is 27.7. The summed E-state index contributed by atoms with van der Waals surface area (Å²) < 4.78 is 54.0. The molecule has 16 N–H and O–H groups in total. The maximum absolute atomic E-state index is 14.6. The number of aliphatic imine (C=N–C) groups is 1. The van der Waals surface area contributed by atoms with E-state index < -0.39 is 104 Å². The van der Waals surface area contributed by atoms with Gasteiger partial charge in [-0.3, -0.25) is 38.3 Å². The zero-order valence-electron chi connectivity index (χ0n) is 45.4. The molecule has 3 heterocycles. The summed E-state index contributed by atoms with van der Waals surface area (Å²) in [5, 5.41) is 32.0. The van der Waals surface area contributed by atoms with Crippen LogP contribution < -0.4 is 49.4 Å². The van der Waals surface area contributed by atoms with E-state index in [0.717, 1.165) is 21.4 Å². The number of hydrogen-bond acceptors (Lipinski definition) is 14. The number of aromatic nitrogens is 1. The second kappa shape index (κ2) is 29.4. The Hall–Kier alpha value is -9.15. The Bertz CT molecular complexity index is 3500. The van der Waals surface area contributed by atoms with Gasteiger partial charge in [-0.15, -0.1) is 0 Å². The Morgan fingerprint density at radius 3 is 2.05 bits per heavy atom. The molecular weight excluding hydrogens is 1140 g/mol. The number of carboxylic acids is 1. The fourth-order valence-electron chi connectivity index (χ4n) is 9.11. The average Bonchev–Trinajstić information content (AvgIpc) is 3.21. The number of fused-ring (bicyclic) bond motifs is 2. The highest BCUT2D eigenvalue weighted by molar-refractivity contribution is 7.46. The number of nitrogens with two attached hydrogens (primary N) is 3. The highest BCUT2D eigenvalue weighted by atomic mass is 31.2. The summed E-state index contributed by atoms with van der Waals surface area (Å²) in [6.45, 7) is 0.656. The molecule has 2 aromatic heterocycles. The van der Waals surface area contributed by atoms with Crippen molar-refractivity contribution in [3.8, 4) is 5.75 Å². The van der Waals surface area contributed by atoms with Gasteiger partial charge in [0.05, 0.1) is 12.6 Å². The number of anilines is 1. The first-order valence-electron chi connectivity index (χ1n) is 26.2. The molecule has 30 heteroatoms. The van der Waals surface area contributed by atoms with Crippen molar-refractivity contribution in [3.63, 3.8) is 0 Å². The summed E-state index contributed by atoms with van der Waals surface area (Å²) in [5.74, 6) is -8.06. The third-order valence-corrected chi connectivity index (χ3v) is 13.8. The number of phosphoric ester groups is 1. The van der Waals surface area contributed by atoms with E-state index in [1.54, 1.807) is 55.6 Å². The lowest BCUT2D eigenvalue weighted by Gasteiger charge is -2.31. The molecule has 6 atom stereocenters. The van der Waals surface area contributed by atoms with Crippen molar-refractivity contribution >= 4 is 82.8 Å². The first-order chi connectivity index (χ1) is 40.1. The number of para-hydroxylation sites is 1. The van der Waals surface area contributed by atoms with E-state index in [-0.39, 0.29) is 81.0 Å². The number of carbonyl (C=O) groups is 7. The number of alkyl halides is 3. The number of guanidine groups is 1. The molecule has 0 spiro atoms. The molecule has 26 nitrogen and oxygen atoms in total. The number of aromatic hydroxyl groups is 1. The zero-order chi connectivity index (χ0) is 62.2. The zero-order valence-corrected chi connectivity index (χ0v) is 46.3. The Kier molecular flexibility index (Phi) is 22.5. The van der Waals surface area contributed by atoms with Crippen LogP contribution in [0.4, 0.5) is 18.9 Å². The molecule has 0 unspecified atom stereocenters. The molecule has 454 valence electrons. The fourth-order valence-corrected chi connectivity index (χ4v) is 9.45. The predicted octanol–water partition coefficient (Wildman–Crippen LogP) is 2.01. The largest absolute Gasteiger partial charge is 0.508 e. The van der Waals surface area contributed by atoms with Gasteiger partial charge in [-0.25, -0.2) is 14.2 Å². The van der Waals surface area contributed by atoms with Crippen LogP contribution >= 0.6 is 7.82 Å². The van der Waals surface area contributed by atoms with Gasteiger partial charge in [-0.1, -0.05) is 60.7 Å². The topological polar surface area (TPSA) is 427 Å². The smallest absolute Gasteiger partial charge is 0.490 e. The third-order valence-electron chi connectivity index (χ3n) is 13.3. The minimum Gasteiger partial charge on any atom is -0.508 e. The molecule has 1 aliphatic heterocycles. The molecule has 1 aliphatic rings. The molecule has 0 saturated carbocycles. The van der Waals surface area contributed by atoms with Gasteiger partial charge in [-0.2, -0.15) is 13.2 Å². The SMILES string of the molecule is Cc1cc(=O)oc2cc(NC(=O)[C@H](CCCN=C(N)N)NC(=O)[C@@H]3CCCN3C(=O)[C@H](COP(=O)(O)O)NC(=O)[C@H](Cc3ccc(O)cc3)NC(=O)[C@H](Cc3ccccc3)NC(=O)[C@@H](N)Cc3c[nH]c4ccccc34)ccc12.O=C(O)C(F)(F)F. The summed E-state index contributed by atoms with van der Waals surface area (Å²) in [6, 6.07) is 19.5. The second-order valence-corrected chi connectivity index (χ2v) is 20.9. The van der Waals surface area contributed by atoms with E-state index in [9.17, 15) is 66.2 Å². The lowest BCUT2D eigenvalue weighted by atomic mass is 10.0. The number of aliphatic carboxylic acids is 1. The molecule has 1 saturated heterocycles. The van der Waals surface area contributed by atoms with Crippen LogP contribution in [0.2, 0.25) is 0 Å². The highest BCUT2D eigenvalue weighted by Crippen LogP contribution is 2.36. The molecule has 4 aromatic carbocycles. The summed E-state index contributed by atoms with van der Waals surface area (Å²) in [7, 11) is -5.31. The van der Waals surface area contributed by atoms with Crippen LogP contribution in [-0.4, -0.2) is 139 Å². The summed E-state index contributed by atoms with van der Waals surface area (Å²) in [6.07, 6.45) is -3.00. The van der Waals surface area contributed by atoms with Crippen molar-refractivity contribution in [1.29, 1.82) is 0 Å². The van der Waals surface area contributed by atoms with Crippen molar-refractivity contribution in [3.05, 3.63) is 142 Å². The van der Waals surface area contributed by atoms with Crippen molar-refractivity contribution < 1.29 is 80.2 Å². The Morgan fingerprint density at radius 2 is 1.41 bits per heavy atom. The minimum absolute atomic E-state index is 0.00738. The van der Waals surface area contributed by atoms with E-state index >= 15 is 0 Å². The van der Waals surface area contributed by atoms with E-state index in [1.165, 1.54) is 36.4 Å². The molecule has 0 radical (unpaired) electrons. The van der Waals surface area contributed by atoms with Gasteiger partial charge in [0.25, 0.3) is 0 Å². The van der Waals surface area contributed by atoms with Gasteiger partial charge in [0.2, 0.25) is 35.4 Å². The molecule has 7 rings (SSSR count). The van der Waals surface area contributed by atoms with Gasteiger partial charge < -0.3 is 78.1 Å². The van der Waals surface area contributed by atoms with Gasteiger partial charge in [0, 0.05) is 66.2 Å². The molecule has 6 amide bonds. The highest BCUT2D eigenvalue weighted by Gasteiger charge is 2.41. The average molecular weight is 1210 g/mol. The number of H-pyrrole nitrogens is 1. The molecule has 0 bridgehead atoms. The van der Waals surface area contributed by atoms with Crippen LogP contribution in [-0.2, 0) is 61.9 Å². The van der Waals surface area contributed by atoms with Crippen LogP contribution in [0.25, 0.3) is 21.9 Å². The number of likely N-dealkylation sites (tertiary alicyclic amines) is 1. The number of phenolic OH excluding ortho intramolecular Hbond substituents is 1. The predicted molar refractivity (Wildman–Crippen MR) is 302 cm³/mol. The Balaban J connectivity index is 0.00000155. The number of carbonyl (C=O) groups excluding carboxylic acids is 6. The van der Waals surface area contributed by atoms with Crippen molar-refractivity contribution in [1.82, 2.24) is 31.2 Å². The van der Waals surface area contributed by atoms with Crippen molar-refractivity contribution in [2.24, 2.45) is 22.2 Å². The Morgan fingerprint density at radius 1 is 0.800 bits per heavy atom. The number of amides is 6. The van der Waals surface area contributed by atoms with E-state index in [1.807, 2.05) is 24.3 Å². The summed E-state index contributed by atoms with van der Waals surface area (Å²) in [4.78, 5) is 134. The number of benzene rings is 4. The number of aromatic amines is 1. The number of nitrogens with one attached hydrogen (secondary N) is 6. The normalized spacial score (nSPS) is 15.0. The van der Waals surface area contributed by atoms with Crippen LogP contribution in [0.3, 0.4) is 0 Å². The van der Waals surface area contributed by atoms with E-state index in [2.05, 4.69) is 36.6 Å². The number of carboxylic acid groups (broad SMARTS) is 1. The number of phenols is 1. The number of hydrogen-bond donors (Lipinski definition) is 13. The maximum Gasteiger partial charge on any atom is 0.490 e. The summed E-state index contributed by atoms with van der Waals surface area (Å²) in [5.41, 5.74) is 20.6. The quantitative estimate of drug-likeness (QED) is 0.0135. The third kappa shape index (κ3) is 19.5. The van der Waals surface area contributed by atoms with Crippen molar-refractivity contribution in [2.45, 2.75) is 94.3 Å². The van der Waals surface area contributed by atoms with Gasteiger partial charge in [-0.05, 0) is 91.6 Å². The van der Waals surface area contributed by atoms with E-state index in [0.29, 0.717) is 22.1 Å². The lowest BCUT2D eigenvalue weighted by molar-refractivity contribution is -0.192. The molecule has 0 aliphatic carbocycles. The summed E-state index contributed by atoms with van der Waals surface area (Å²) >= 11 is 0. The number of halogens is 3. The second-order valence-electron chi connectivity index (χ2n) is 19.7. The van der Waals surface area contributed by atoms with Crippen LogP contribution in [0.15, 0.2) is 124 Å². The lowest BCUT2D eigenvalue weighted by Crippen LogP contribution is -2.60. The first kappa shape index (κ1) is 65.0. The monoisotopic (exact) mass is 1210 g/mol. The maximum atomic E-state index is 14.6. The number of rotatable bonds is 24. The van der Waals surface area contributed by atoms with E-state index in [4.69, 9.17) is 36.0 Å². The number of phosphoric acid groups is 1. The Labute approximate surface area is 482 Å². The molecular formula is C55H63F3N11O15P. The fraction of sp³-hybridized carbons (Fsp3) is 0.327. The van der Waals surface area contributed by atoms with Gasteiger partial charge in [0.15, 0.2) is 5.96 Å².